The van der Waals surface area contributed by atoms with Crippen LogP contribution in [-0.4, -0.2) is 19.1 Å². The topological polar surface area (TPSA) is 29.5 Å². The van der Waals surface area contributed by atoms with Gasteiger partial charge in [-0.15, -0.1) is 11.3 Å². The molecule has 1 aromatic heterocycles. The second-order valence-corrected chi connectivity index (χ2v) is 6.33. The quantitative estimate of drug-likeness (QED) is 0.610. The number of anilines is 1. The molecule has 1 fully saturated rings. The van der Waals surface area contributed by atoms with Gasteiger partial charge in [-0.05, 0) is 42.8 Å². The van der Waals surface area contributed by atoms with Gasteiger partial charge in [-0.25, -0.2) is 4.79 Å². The summed E-state index contributed by atoms with van der Waals surface area (Å²) in [5.41, 5.74) is 0.984. The summed E-state index contributed by atoms with van der Waals surface area (Å²) in [5.74, 6) is 0.216. The van der Waals surface area contributed by atoms with Crippen LogP contribution < -0.4 is 9.64 Å². The molecule has 2 aromatic rings. The molecule has 0 saturated carbocycles. The van der Waals surface area contributed by atoms with Crippen LogP contribution in [0.25, 0.3) is 0 Å². The van der Waals surface area contributed by atoms with E-state index >= 15 is 0 Å². The van der Waals surface area contributed by atoms with Crippen molar-refractivity contribution in [2.75, 3.05) is 18.0 Å². The van der Waals surface area contributed by atoms with E-state index in [-0.39, 0.29) is 5.97 Å². The molecule has 0 aliphatic carbocycles. The van der Waals surface area contributed by atoms with E-state index < -0.39 is 0 Å². The van der Waals surface area contributed by atoms with Crippen LogP contribution in [0.1, 0.15) is 28.9 Å². The minimum atomic E-state index is -0.389. The minimum Gasteiger partial charge on any atom is -0.420 e. The number of hydrogen-bond acceptors (Lipinski definition) is 4. The lowest BCUT2D eigenvalue weighted by Gasteiger charge is -2.29. The number of hydrogen-bond donors (Lipinski definition) is 0. The Morgan fingerprint density at radius 2 is 1.90 bits per heavy atom. The highest BCUT2D eigenvalue weighted by Gasteiger charge is 2.19. The predicted molar refractivity (Wildman–Crippen MR) is 86.8 cm³/mol. The van der Waals surface area contributed by atoms with Gasteiger partial charge in [-0.2, -0.15) is 0 Å². The summed E-state index contributed by atoms with van der Waals surface area (Å²) in [7, 11) is 0. The van der Waals surface area contributed by atoms with Gasteiger partial charge in [0.25, 0.3) is 0 Å². The summed E-state index contributed by atoms with van der Waals surface area (Å²) in [6, 6.07) is 9.40. The fourth-order valence-electron chi connectivity index (χ4n) is 2.53. The zero-order valence-corrected chi connectivity index (χ0v) is 13.1. The van der Waals surface area contributed by atoms with Crippen molar-refractivity contribution in [1.82, 2.24) is 0 Å². The molecule has 0 bridgehead atoms. The third-order valence-electron chi connectivity index (χ3n) is 3.57. The highest BCUT2D eigenvalue weighted by atomic mass is 35.5. The SMILES string of the molecule is O=C(Oc1ccccc1N1CCCCC1)c1sccc1Cl. The Balaban J connectivity index is 1.82. The van der Waals surface area contributed by atoms with E-state index in [4.69, 9.17) is 16.3 Å². The molecule has 0 radical (unpaired) electrons. The smallest absolute Gasteiger partial charge is 0.355 e. The number of ether oxygens (including phenoxy) is 1. The zero-order valence-electron chi connectivity index (χ0n) is 11.5. The Bertz CT molecular complexity index is 635. The molecule has 3 rings (SSSR count). The van der Waals surface area contributed by atoms with Crippen molar-refractivity contribution in [3.05, 3.63) is 45.6 Å². The van der Waals surface area contributed by atoms with Crippen molar-refractivity contribution in [3.8, 4) is 5.75 Å². The average Bonchev–Trinajstić information content (AvgIpc) is 2.95. The van der Waals surface area contributed by atoms with Gasteiger partial charge >= 0.3 is 5.97 Å². The molecule has 110 valence electrons. The summed E-state index contributed by atoms with van der Waals surface area (Å²) >= 11 is 7.29. The van der Waals surface area contributed by atoms with E-state index in [1.165, 1.54) is 30.6 Å². The third-order valence-corrected chi connectivity index (χ3v) is 4.89. The number of benzene rings is 1. The monoisotopic (exact) mass is 321 g/mol. The number of carbonyl (C=O) groups is 1. The van der Waals surface area contributed by atoms with Gasteiger partial charge < -0.3 is 9.64 Å². The Hall–Kier alpha value is -1.52. The predicted octanol–water partition coefficient (Wildman–Crippen LogP) is 4.61. The van der Waals surface area contributed by atoms with Crippen LogP contribution >= 0.6 is 22.9 Å². The maximum Gasteiger partial charge on any atom is 0.355 e. The first kappa shape index (κ1) is 14.4. The Morgan fingerprint density at radius 3 is 2.62 bits per heavy atom. The van der Waals surface area contributed by atoms with Crippen molar-refractivity contribution in [2.24, 2.45) is 0 Å². The van der Waals surface area contributed by atoms with E-state index in [1.807, 2.05) is 24.3 Å². The molecule has 1 saturated heterocycles. The van der Waals surface area contributed by atoms with Crippen molar-refractivity contribution >= 4 is 34.6 Å². The second kappa shape index (κ2) is 6.50. The van der Waals surface area contributed by atoms with Crippen LogP contribution in [-0.2, 0) is 0 Å². The number of para-hydroxylation sites is 2. The van der Waals surface area contributed by atoms with Crippen LogP contribution in [0.4, 0.5) is 5.69 Å². The van der Waals surface area contributed by atoms with E-state index in [0.29, 0.717) is 15.6 Å². The molecule has 0 spiro atoms. The van der Waals surface area contributed by atoms with E-state index in [2.05, 4.69) is 4.90 Å². The number of carbonyl (C=O) groups excluding carboxylic acids is 1. The summed E-state index contributed by atoms with van der Waals surface area (Å²) in [6.45, 7) is 2.02. The molecule has 2 heterocycles. The van der Waals surface area contributed by atoms with E-state index in [9.17, 15) is 4.79 Å². The molecule has 0 amide bonds. The Morgan fingerprint density at radius 1 is 1.14 bits per heavy atom. The van der Waals surface area contributed by atoms with Crippen molar-refractivity contribution in [1.29, 1.82) is 0 Å². The first-order chi connectivity index (χ1) is 10.3. The van der Waals surface area contributed by atoms with E-state index in [1.54, 1.807) is 11.4 Å². The summed E-state index contributed by atoms with van der Waals surface area (Å²) in [4.78, 5) is 14.9. The molecule has 0 N–H and O–H groups in total. The van der Waals surface area contributed by atoms with Gasteiger partial charge in [0.2, 0.25) is 0 Å². The molecule has 1 aliphatic heterocycles. The highest BCUT2D eigenvalue weighted by Crippen LogP contribution is 2.32. The largest absolute Gasteiger partial charge is 0.420 e. The third kappa shape index (κ3) is 3.22. The lowest BCUT2D eigenvalue weighted by Crippen LogP contribution is -2.30. The van der Waals surface area contributed by atoms with Gasteiger partial charge in [0.1, 0.15) is 4.88 Å². The van der Waals surface area contributed by atoms with Gasteiger partial charge in [-0.1, -0.05) is 23.7 Å². The highest BCUT2D eigenvalue weighted by molar-refractivity contribution is 7.12. The average molecular weight is 322 g/mol. The standard InChI is InChI=1S/C16H16ClNO2S/c17-12-8-11-21-15(12)16(19)20-14-7-3-2-6-13(14)18-9-4-1-5-10-18/h2-3,6-8,11H,1,4-5,9-10H2. The molecule has 1 aromatic carbocycles. The lowest BCUT2D eigenvalue weighted by atomic mass is 10.1. The van der Waals surface area contributed by atoms with Crippen LogP contribution in [0, 0.1) is 0 Å². The molecular formula is C16H16ClNO2S. The van der Waals surface area contributed by atoms with Crippen LogP contribution in [0.3, 0.4) is 0 Å². The van der Waals surface area contributed by atoms with Crippen molar-refractivity contribution in [3.63, 3.8) is 0 Å². The lowest BCUT2D eigenvalue weighted by molar-refractivity contribution is 0.0740. The van der Waals surface area contributed by atoms with Crippen LogP contribution in [0.2, 0.25) is 5.02 Å². The number of piperidine rings is 1. The molecule has 0 atom stereocenters. The van der Waals surface area contributed by atoms with E-state index in [0.717, 1.165) is 18.8 Å². The Kier molecular flexibility index (Phi) is 4.46. The number of esters is 1. The number of halogens is 1. The maximum atomic E-state index is 12.2. The maximum absolute atomic E-state index is 12.2. The van der Waals surface area contributed by atoms with Gasteiger partial charge in [0, 0.05) is 13.1 Å². The molecular weight excluding hydrogens is 306 g/mol. The Labute approximate surface area is 133 Å². The number of rotatable bonds is 3. The van der Waals surface area contributed by atoms with Crippen LogP contribution in [0.5, 0.6) is 5.75 Å². The normalized spacial score (nSPS) is 15.0. The number of thiophene rings is 1. The summed E-state index contributed by atoms with van der Waals surface area (Å²) < 4.78 is 5.57. The fraction of sp³-hybridized carbons (Fsp3) is 0.312. The molecule has 0 unspecified atom stereocenters. The minimum absolute atomic E-state index is 0.389. The second-order valence-electron chi connectivity index (χ2n) is 5.00. The zero-order chi connectivity index (χ0) is 14.7. The van der Waals surface area contributed by atoms with Crippen LogP contribution in [0.15, 0.2) is 35.7 Å². The fourth-order valence-corrected chi connectivity index (χ4v) is 3.53. The van der Waals surface area contributed by atoms with Crippen molar-refractivity contribution < 1.29 is 9.53 Å². The van der Waals surface area contributed by atoms with Gasteiger partial charge in [-0.3, -0.25) is 0 Å². The summed E-state index contributed by atoms with van der Waals surface area (Å²) in [6.07, 6.45) is 3.63. The molecule has 3 nitrogen and oxygen atoms in total. The first-order valence-corrected chi connectivity index (χ1v) is 8.30. The van der Waals surface area contributed by atoms with Gasteiger partial charge in [0.15, 0.2) is 5.75 Å². The number of nitrogens with zero attached hydrogens (tertiary/aromatic N) is 1. The molecule has 5 heteroatoms. The van der Waals surface area contributed by atoms with Gasteiger partial charge in [0.05, 0.1) is 10.7 Å². The molecule has 21 heavy (non-hydrogen) atoms. The summed E-state index contributed by atoms with van der Waals surface area (Å²) in [5, 5.41) is 2.23. The first-order valence-electron chi connectivity index (χ1n) is 7.05. The molecule has 1 aliphatic rings. The van der Waals surface area contributed by atoms with Crippen molar-refractivity contribution in [2.45, 2.75) is 19.3 Å².